The number of thiazole rings is 1. The zero-order chi connectivity index (χ0) is 16.9. The van der Waals surface area contributed by atoms with Gasteiger partial charge in [-0.1, -0.05) is 30.0 Å². The monoisotopic (exact) mass is 365 g/mol. The fourth-order valence-corrected chi connectivity index (χ4v) is 4.19. The summed E-state index contributed by atoms with van der Waals surface area (Å²) in [6, 6.07) is 10.00. The van der Waals surface area contributed by atoms with Crippen LogP contribution >= 0.6 is 23.1 Å². The second kappa shape index (κ2) is 7.60. The first-order valence-corrected chi connectivity index (χ1v) is 8.69. The number of nitro groups is 1. The van der Waals surface area contributed by atoms with Crippen molar-refractivity contribution in [2.45, 2.75) is 15.8 Å². The minimum absolute atomic E-state index is 0.260. The number of hydrogen-bond acceptors (Lipinski definition) is 6. The number of hydrazone groups is 1. The molecule has 3 rings (SSSR count). The Balaban J connectivity index is 1.70. The van der Waals surface area contributed by atoms with Gasteiger partial charge in [-0.2, -0.15) is 0 Å². The molecule has 8 nitrogen and oxygen atoms in total. The van der Waals surface area contributed by atoms with Crippen LogP contribution in [0.3, 0.4) is 0 Å². The number of rotatable bonds is 5. The van der Waals surface area contributed by atoms with Crippen molar-refractivity contribution in [1.29, 1.82) is 0 Å². The Bertz CT molecular complexity index is 737. The van der Waals surface area contributed by atoms with Crippen LogP contribution in [-0.4, -0.2) is 46.3 Å². The molecule has 0 amide bonds. The molecule has 1 aromatic heterocycles. The minimum atomic E-state index is -0.687. The Hall–Kier alpha value is -2.17. The molecule has 0 saturated carbocycles. The number of ether oxygens (including phenoxy) is 1. The third kappa shape index (κ3) is 4.22. The van der Waals surface area contributed by atoms with Crippen LogP contribution in [0.2, 0.25) is 0 Å². The maximum atomic E-state index is 10.7. The van der Waals surface area contributed by atoms with Crippen molar-refractivity contribution in [3.05, 3.63) is 51.5 Å². The van der Waals surface area contributed by atoms with Crippen molar-refractivity contribution in [1.82, 2.24) is 14.8 Å². The molecule has 24 heavy (non-hydrogen) atoms. The van der Waals surface area contributed by atoms with Gasteiger partial charge in [0.2, 0.25) is 0 Å². The first kappa shape index (κ1) is 16.7. The minimum Gasteiger partial charge on any atom is -0.341 e. The quantitative estimate of drug-likeness (QED) is 0.594. The standard InChI is InChI=1S/C14H15N5O3S2/c1-17-9-22-10-18(13(17)16-19(20)21)8-12-7-15-14(24-12)23-11-5-3-2-4-6-11/h2-7H,8-10H2,1H3/b16-13+. The first-order chi connectivity index (χ1) is 11.6. The van der Waals surface area contributed by atoms with Crippen molar-refractivity contribution < 1.29 is 9.77 Å². The van der Waals surface area contributed by atoms with Crippen LogP contribution in [-0.2, 0) is 11.3 Å². The second-order valence-corrected chi connectivity index (χ2v) is 7.44. The van der Waals surface area contributed by atoms with Crippen LogP contribution in [0.5, 0.6) is 0 Å². The smallest absolute Gasteiger partial charge is 0.277 e. The topological polar surface area (TPSA) is 84.1 Å². The molecule has 0 N–H and O–H groups in total. The van der Waals surface area contributed by atoms with Crippen molar-refractivity contribution in [3.63, 3.8) is 0 Å². The highest BCUT2D eigenvalue weighted by Gasteiger charge is 2.25. The van der Waals surface area contributed by atoms with Gasteiger partial charge in [-0.25, -0.2) is 15.1 Å². The van der Waals surface area contributed by atoms with E-state index in [9.17, 15) is 10.1 Å². The highest BCUT2D eigenvalue weighted by Crippen LogP contribution is 2.31. The molecule has 126 valence electrons. The molecule has 0 unspecified atom stereocenters. The molecule has 0 spiro atoms. The lowest BCUT2D eigenvalue weighted by molar-refractivity contribution is -0.486. The van der Waals surface area contributed by atoms with Gasteiger partial charge in [0, 0.05) is 23.0 Å². The number of nitrogens with zero attached hydrogens (tertiary/aromatic N) is 5. The van der Waals surface area contributed by atoms with E-state index < -0.39 is 5.03 Å². The van der Waals surface area contributed by atoms with E-state index in [1.807, 2.05) is 30.3 Å². The van der Waals surface area contributed by atoms with Gasteiger partial charge in [0.15, 0.2) is 9.37 Å². The van der Waals surface area contributed by atoms with Crippen LogP contribution in [0.15, 0.2) is 50.9 Å². The predicted octanol–water partition coefficient (Wildman–Crippen LogP) is 2.52. The van der Waals surface area contributed by atoms with E-state index in [4.69, 9.17) is 4.74 Å². The molecule has 0 radical (unpaired) electrons. The summed E-state index contributed by atoms with van der Waals surface area (Å²) < 4.78 is 6.33. The molecule has 1 saturated heterocycles. The first-order valence-electron chi connectivity index (χ1n) is 7.06. The van der Waals surface area contributed by atoms with Gasteiger partial charge in [0.1, 0.15) is 18.6 Å². The Morgan fingerprint density at radius 3 is 2.96 bits per heavy atom. The zero-order valence-corrected chi connectivity index (χ0v) is 14.5. The maximum absolute atomic E-state index is 10.7. The summed E-state index contributed by atoms with van der Waals surface area (Å²) in [6.07, 6.45) is 1.79. The van der Waals surface area contributed by atoms with Crippen molar-refractivity contribution in [3.8, 4) is 0 Å². The molecule has 0 bridgehead atoms. The number of benzene rings is 1. The van der Waals surface area contributed by atoms with E-state index in [1.165, 1.54) is 0 Å². The highest BCUT2D eigenvalue weighted by molar-refractivity contribution is 8.01. The van der Waals surface area contributed by atoms with Gasteiger partial charge in [0.25, 0.3) is 5.96 Å². The molecular weight excluding hydrogens is 350 g/mol. The summed E-state index contributed by atoms with van der Waals surface area (Å²) in [5.41, 5.74) is 0. The summed E-state index contributed by atoms with van der Waals surface area (Å²) >= 11 is 3.15. The van der Waals surface area contributed by atoms with Gasteiger partial charge in [0.05, 0.1) is 6.54 Å². The normalized spacial score (nSPS) is 16.6. The lowest BCUT2D eigenvalue weighted by Crippen LogP contribution is -2.49. The van der Waals surface area contributed by atoms with Crippen LogP contribution in [0, 0.1) is 10.1 Å². The third-order valence-corrected chi connectivity index (χ3v) is 5.22. The number of aromatic nitrogens is 1. The molecule has 1 aromatic carbocycles. The van der Waals surface area contributed by atoms with Gasteiger partial charge in [-0.15, -0.1) is 11.3 Å². The molecular formula is C14H15N5O3S2. The molecule has 2 heterocycles. The summed E-state index contributed by atoms with van der Waals surface area (Å²) in [5, 5.41) is 13.5. The van der Waals surface area contributed by atoms with Gasteiger partial charge >= 0.3 is 0 Å². The average Bonchev–Trinajstić information content (AvgIpc) is 2.98. The van der Waals surface area contributed by atoms with Gasteiger partial charge in [-0.05, 0) is 12.1 Å². The summed E-state index contributed by atoms with van der Waals surface area (Å²) in [5.74, 6) is 0.289. The van der Waals surface area contributed by atoms with Crippen LogP contribution in [0.1, 0.15) is 4.88 Å². The molecule has 1 aliphatic heterocycles. The number of guanidine groups is 1. The van der Waals surface area contributed by atoms with Crippen LogP contribution < -0.4 is 0 Å². The Labute approximate surface area is 146 Å². The van der Waals surface area contributed by atoms with Crippen LogP contribution in [0.4, 0.5) is 0 Å². The molecule has 0 aliphatic carbocycles. The maximum Gasteiger partial charge on any atom is 0.277 e. The molecule has 0 atom stereocenters. The SMILES string of the molecule is CN1COCN(Cc2cnc(Sc3ccccc3)s2)/C1=N/[N+](=O)[O-]. The summed E-state index contributed by atoms with van der Waals surface area (Å²) in [7, 11) is 1.71. The van der Waals surface area contributed by atoms with E-state index in [0.717, 1.165) is 14.1 Å². The molecule has 1 fully saturated rings. The van der Waals surface area contributed by atoms with E-state index in [0.29, 0.717) is 6.54 Å². The Morgan fingerprint density at radius 2 is 2.21 bits per heavy atom. The van der Waals surface area contributed by atoms with E-state index >= 15 is 0 Å². The van der Waals surface area contributed by atoms with Gasteiger partial charge in [-0.3, -0.25) is 0 Å². The van der Waals surface area contributed by atoms with E-state index in [1.54, 1.807) is 46.1 Å². The van der Waals surface area contributed by atoms with Crippen molar-refractivity contribution in [2.24, 2.45) is 5.10 Å². The van der Waals surface area contributed by atoms with E-state index in [-0.39, 0.29) is 19.4 Å². The molecule has 10 heteroatoms. The predicted molar refractivity (Wildman–Crippen MR) is 91.2 cm³/mol. The average molecular weight is 365 g/mol. The van der Waals surface area contributed by atoms with Crippen molar-refractivity contribution in [2.75, 3.05) is 20.5 Å². The fraction of sp³-hybridized carbons (Fsp3) is 0.286. The largest absolute Gasteiger partial charge is 0.341 e. The fourth-order valence-electron chi connectivity index (χ4n) is 2.16. The molecule has 1 aliphatic rings. The summed E-state index contributed by atoms with van der Waals surface area (Å²) in [4.78, 5) is 20.6. The lowest BCUT2D eigenvalue weighted by Gasteiger charge is -2.34. The lowest BCUT2D eigenvalue weighted by atomic mass is 10.4. The zero-order valence-electron chi connectivity index (χ0n) is 12.9. The van der Waals surface area contributed by atoms with Crippen molar-refractivity contribution >= 4 is 29.1 Å². The van der Waals surface area contributed by atoms with E-state index in [2.05, 4.69) is 10.1 Å². The van der Waals surface area contributed by atoms with Gasteiger partial charge < -0.3 is 14.5 Å². The Morgan fingerprint density at radius 1 is 1.42 bits per heavy atom. The number of hydrogen-bond donors (Lipinski definition) is 0. The van der Waals surface area contributed by atoms with Crippen LogP contribution in [0.25, 0.3) is 0 Å². The molecule has 2 aromatic rings. The highest BCUT2D eigenvalue weighted by atomic mass is 32.2. The Kier molecular flexibility index (Phi) is 5.28. The third-order valence-electron chi connectivity index (χ3n) is 3.15. The summed E-state index contributed by atoms with van der Waals surface area (Å²) in [6.45, 7) is 1.00. The second-order valence-electron chi connectivity index (χ2n) is 5.00.